The third kappa shape index (κ3) is 7.16. The van der Waals surface area contributed by atoms with Gasteiger partial charge in [-0.15, -0.1) is 0 Å². The van der Waals surface area contributed by atoms with Crippen molar-refractivity contribution in [3.63, 3.8) is 0 Å². The summed E-state index contributed by atoms with van der Waals surface area (Å²) in [6.45, 7) is 6.11. The molecule has 0 amide bonds. The second-order valence-corrected chi connectivity index (χ2v) is 5.68. The fourth-order valence-corrected chi connectivity index (χ4v) is 2.22. The van der Waals surface area contributed by atoms with E-state index in [1.54, 1.807) is 6.08 Å². The smallest absolute Gasteiger partial charge is 0.330 e. The van der Waals surface area contributed by atoms with E-state index in [-0.39, 0.29) is 18.2 Å². The molecule has 1 aliphatic rings. The average Bonchev–Trinajstić information content (AvgIpc) is 2.31. The molecule has 1 rings (SSSR count). The van der Waals surface area contributed by atoms with Crippen LogP contribution in [-0.2, 0) is 9.53 Å². The van der Waals surface area contributed by atoms with E-state index in [0.29, 0.717) is 0 Å². The van der Waals surface area contributed by atoms with E-state index in [1.807, 2.05) is 6.92 Å². The lowest BCUT2D eigenvalue weighted by molar-refractivity contribution is -0.145. The highest BCUT2D eigenvalue weighted by atomic mass is 16.5. The molecule has 0 heterocycles. The van der Waals surface area contributed by atoms with Gasteiger partial charge >= 0.3 is 5.97 Å². The quantitative estimate of drug-likeness (QED) is 0.470. The Hall–Kier alpha value is -1.09. The van der Waals surface area contributed by atoms with Gasteiger partial charge in [-0.2, -0.15) is 0 Å². The molecule has 0 atom stereocenters. The Kier molecular flexibility index (Phi) is 6.85. The van der Waals surface area contributed by atoms with Crippen LogP contribution >= 0.6 is 0 Å². The Morgan fingerprint density at radius 2 is 1.84 bits per heavy atom. The summed E-state index contributed by atoms with van der Waals surface area (Å²) in [4.78, 5) is 11.7. The van der Waals surface area contributed by atoms with E-state index in [0.717, 1.165) is 44.1 Å². The number of ether oxygens (including phenoxy) is 1. The predicted octanol–water partition coefficient (Wildman–Crippen LogP) is 3.53. The van der Waals surface area contributed by atoms with Crippen molar-refractivity contribution in [3.8, 4) is 0 Å². The first kappa shape index (κ1) is 16.0. The number of esters is 1. The van der Waals surface area contributed by atoms with Gasteiger partial charge in [0.2, 0.25) is 0 Å². The first-order chi connectivity index (χ1) is 8.97. The van der Waals surface area contributed by atoms with Gasteiger partial charge in [0.15, 0.2) is 0 Å². The monoisotopic (exact) mass is 266 g/mol. The molecule has 108 valence electrons. The van der Waals surface area contributed by atoms with Crippen LogP contribution in [0.15, 0.2) is 23.3 Å². The normalized spacial score (nSPS) is 23.9. The number of carbonyl (C=O) groups is 1. The van der Waals surface area contributed by atoms with E-state index in [9.17, 15) is 9.90 Å². The second-order valence-electron chi connectivity index (χ2n) is 5.68. The Morgan fingerprint density at radius 1 is 1.21 bits per heavy atom. The van der Waals surface area contributed by atoms with E-state index >= 15 is 0 Å². The molecule has 0 saturated heterocycles. The van der Waals surface area contributed by atoms with E-state index < -0.39 is 0 Å². The maximum atomic E-state index is 11.7. The summed E-state index contributed by atoms with van der Waals surface area (Å²) >= 11 is 0. The van der Waals surface area contributed by atoms with Gasteiger partial charge in [-0.1, -0.05) is 17.2 Å². The molecule has 0 aliphatic heterocycles. The Bertz CT molecular complexity index is 343. The number of hydrogen-bond donors (Lipinski definition) is 1. The van der Waals surface area contributed by atoms with Gasteiger partial charge in [0.25, 0.3) is 0 Å². The molecule has 0 radical (unpaired) electrons. The molecular weight excluding hydrogens is 240 g/mol. The molecule has 1 aliphatic carbocycles. The van der Waals surface area contributed by atoms with Gasteiger partial charge in [0, 0.05) is 6.08 Å². The number of aliphatic hydroxyl groups is 1. The number of hydrogen-bond acceptors (Lipinski definition) is 3. The molecule has 19 heavy (non-hydrogen) atoms. The molecule has 0 aromatic heterocycles. The third-order valence-electron chi connectivity index (χ3n) is 3.38. The zero-order valence-electron chi connectivity index (χ0n) is 12.3. The number of aliphatic hydroxyl groups excluding tert-OH is 1. The predicted molar refractivity (Wildman–Crippen MR) is 76.8 cm³/mol. The molecular formula is C16H26O3. The first-order valence-electron chi connectivity index (χ1n) is 7.16. The van der Waals surface area contributed by atoms with Crippen LogP contribution < -0.4 is 0 Å². The average molecular weight is 266 g/mol. The largest absolute Gasteiger partial charge is 0.459 e. The molecule has 0 unspecified atom stereocenters. The minimum Gasteiger partial charge on any atom is -0.459 e. The lowest BCUT2D eigenvalue weighted by atomic mass is 9.95. The van der Waals surface area contributed by atoms with Crippen LogP contribution in [-0.4, -0.2) is 23.3 Å². The minimum absolute atomic E-state index is 0.0160. The van der Waals surface area contributed by atoms with Crippen molar-refractivity contribution >= 4 is 5.97 Å². The molecule has 3 heteroatoms. The molecule has 0 aromatic rings. The highest BCUT2D eigenvalue weighted by molar-refractivity contribution is 5.82. The molecule has 0 bridgehead atoms. The van der Waals surface area contributed by atoms with Crippen molar-refractivity contribution in [2.45, 2.75) is 71.5 Å². The maximum Gasteiger partial charge on any atom is 0.330 e. The summed E-state index contributed by atoms with van der Waals surface area (Å²) in [6, 6.07) is 0. The van der Waals surface area contributed by atoms with Crippen molar-refractivity contribution in [2.24, 2.45) is 0 Å². The summed E-state index contributed by atoms with van der Waals surface area (Å²) in [6.07, 6.45) is 8.43. The SMILES string of the molecule is CC(C)=CCC/C(C)=C/C(=O)OC1CCC(O)CC1. The van der Waals surface area contributed by atoms with Crippen LogP contribution in [0.4, 0.5) is 0 Å². The summed E-state index contributed by atoms with van der Waals surface area (Å²) < 4.78 is 5.40. The van der Waals surface area contributed by atoms with Gasteiger partial charge in [-0.25, -0.2) is 4.79 Å². The van der Waals surface area contributed by atoms with Crippen molar-refractivity contribution in [3.05, 3.63) is 23.3 Å². The van der Waals surface area contributed by atoms with Crippen molar-refractivity contribution in [2.75, 3.05) is 0 Å². The van der Waals surface area contributed by atoms with E-state index in [4.69, 9.17) is 4.74 Å². The van der Waals surface area contributed by atoms with Gasteiger partial charge < -0.3 is 9.84 Å². The molecule has 0 spiro atoms. The fraction of sp³-hybridized carbons (Fsp3) is 0.688. The Morgan fingerprint density at radius 3 is 2.42 bits per heavy atom. The molecule has 3 nitrogen and oxygen atoms in total. The maximum absolute atomic E-state index is 11.7. The highest BCUT2D eigenvalue weighted by Gasteiger charge is 2.21. The zero-order chi connectivity index (χ0) is 14.3. The Labute approximate surface area is 116 Å². The van der Waals surface area contributed by atoms with Crippen LogP contribution in [0.5, 0.6) is 0 Å². The summed E-state index contributed by atoms with van der Waals surface area (Å²) in [5.41, 5.74) is 2.36. The van der Waals surface area contributed by atoms with Gasteiger partial charge in [-0.3, -0.25) is 0 Å². The van der Waals surface area contributed by atoms with Crippen molar-refractivity contribution < 1.29 is 14.6 Å². The van der Waals surface area contributed by atoms with Crippen LogP contribution in [0, 0.1) is 0 Å². The van der Waals surface area contributed by atoms with Gasteiger partial charge in [-0.05, 0) is 59.3 Å². The summed E-state index contributed by atoms with van der Waals surface area (Å²) in [7, 11) is 0. The molecule has 1 N–H and O–H groups in total. The topological polar surface area (TPSA) is 46.5 Å². The zero-order valence-corrected chi connectivity index (χ0v) is 12.3. The molecule has 1 saturated carbocycles. The second kappa shape index (κ2) is 8.16. The number of carbonyl (C=O) groups excluding carboxylic acids is 1. The van der Waals surface area contributed by atoms with E-state index in [2.05, 4.69) is 19.9 Å². The standard InChI is InChI=1S/C16H26O3/c1-12(2)5-4-6-13(3)11-16(18)19-15-9-7-14(17)8-10-15/h5,11,14-15,17H,4,6-10H2,1-3H3/b13-11+. The van der Waals surface area contributed by atoms with E-state index in [1.165, 1.54) is 5.57 Å². The first-order valence-corrected chi connectivity index (χ1v) is 7.16. The van der Waals surface area contributed by atoms with Crippen LogP contribution in [0.2, 0.25) is 0 Å². The van der Waals surface area contributed by atoms with Crippen molar-refractivity contribution in [1.82, 2.24) is 0 Å². The third-order valence-corrected chi connectivity index (χ3v) is 3.38. The lowest BCUT2D eigenvalue weighted by Crippen LogP contribution is -2.26. The number of allylic oxidation sites excluding steroid dienone is 3. The molecule has 1 fully saturated rings. The summed E-state index contributed by atoms with van der Waals surface area (Å²) in [5.74, 6) is -0.240. The van der Waals surface area contributed by atoms with Gasteiger partial charge in [0.05, 0.1) is 6.10 Å². The number of rotatable bonds is 5. The van der Waals surface area contributed by atoms with Gasteiger partial charge in [0.1, 0.15) is 6.10 Å². The minimum atomic E-state index is -0.240. The summed E-state index contributed by atoms with van der Waals surface area (Å²) in [5, 5.41) is 9.39. The highest BCUT2D eigenvalue weighted by Crippen LogP contribution is 2.21. The fourth-order valence-electron chi connectivity index (χ4n) is 2.22. The van der Waals surface area contributed by atoms with Crippen LogP contribution in [0.25, 0.3) is 0 Å². The van der Waals surface area contributed by atoms with Crippen LogP contribution in [0.3, 0.4) is 0 Å². The van der Waals surface area contributed by atoms with Crippen LogP contribution in [0.1, 0.15) is 59.3 Å². The molecule has 0 aromatic carbocycles. The van der Waals surface area contributed by atoms with Crippen molar-refractivity contribution in [1.29, 1.82) is 0 Å². The Balaban J connectivity index is 2.30. The lowest BCUT2D eigenvalue weighted by Gasteiger charge is -2.24.